The van der Waals surface area contributed by atoms with Crippen LogP contribution >= 0.6 is 0 Å². The number of fused-ring (bicyclic) bond motifs is 3. The topological polar surface area (TPSA) is 115 Å². The number of rotatable bonds is 5. The number of imidazole rings is 1. The molecule has 9 heteroatoms. The van der Waals surface area contributed by atoms with Crippen molar-refractivity contribution in [3.8, 4) is 23.1 Å². The maximum atomic E-state index is 12.6. The summed E-state index contributed by atoms with van der Waals surface area (Å²) in [6, 6.07) is 7.11. The summed E-state index contributed by atoms with van der Waals surface area (Å²) in [6.07, 6.45) is 2.56. The van der Waals surface area contributed by atoms with Gasteiger partial charge in [0, 0.05) is 23.1 Å². The number of H-pyrrole nitrogens is 1. The van der Waals surface area contributed by atoms with Gasteiger partial charge >= 0.3 is 11.7 Å². The molecule has 2 aliphatic rings. The van der Waals surface area contributed by atoms with E-state index in [9.17, 15) is 14.7 Å². The Kier molecular flexibility index (Phi) is 5.69. The first-order valence-corrected chi connectivity index (χ1v) is 12.3. The zero-order valence-electron chi connectivity index (χ0n) is 21.9. The lowest BCUT2D eigenvalue weighted by atomic mass is 9.80. The van der Waals surface area contributed by atoms with E-state index in [2.05, 4.69) is 18.8 Å². The zero-order chi connectivity index (χ0) is 26.7. The molecule has 0 aliphatic carbocycles. The van der Waals surface area contributed by atoms with E-state index < -0.39 is 22.8 Å². The standard InChI is InChI=1S/C28H31N3O6/c1-7-36-20-11-16-12-27(2,3)30-23(22(16)18-13-28(4,5)37-24(18)20)15-8-9-17(25(33)35-6)19(10-15)31-21(32)14-29-26(31)34/h8-11,14,32H,7,12-13H2,1-6H3,(H,29,34). The molecule has 0 saturated heterocycles. The molecule has 2 N–H and O–H groups in total. The number of aliphatic imine (C=N–C) groups is 1. The molecule has 37 heavy (non-hydrogen) atoms. The molecule has 0 saturated carbocycles. The van der Waals surface area contributed by atoms with Gasteiger partial charge in [-0.2, -0.15) is 0 Å². The number of nitrogens with zero attached hydrogens (tertiary/aromatic N) is 2. The second kappa shape index (κ2) is 8.54. The Balaban J connectivity index is 1.78. The lowest BCUT2D eigenvalue weighted by Crippen LogP contribution is -2.31. The molecule has 0 fully saturated rings. The number of esters is 1. The van der Waals surface area contributed by atoms with Gasteiger partial charge in [-0.3, -0.25) is 4.99 Å². The molecule has 3 heterocycles. The van der Waals surface area contributed by atoms with E-state index in [1.54, 1.807) is 18.2 Å². The van der Waals surface area contributed by atoms with Crippen LogP contribution < -0.4 is 15.2 Å². The highest BCUT2D eigenvalue weighted by atomic mass is 16.5. The van der Waals surface area contributed by atoms with Crippen LogP contribution in [-0.4, -0.2) is 51.2 Å². The number of aromatic nitrogens is 2. The van der Waals surface area contributed by atoms with Gasteiger partial charge in [0.05, 0.1) is 42.4 Å². The molecule has 5 rings (SSSR count). The maximum Gasteiger partial charge on any atom is 0.339 e. The number of carbonyl (C=O) groups is 1. The number of hydrogen-bond acceptors (Lipinski definition) is 7. The van der Waals surface area contributed by atoms with E-state index in [-0.39, 0.29) is 17.1 Å². The number of methoxy groups -OCH3 is 1. The second-order valence-electron chi connectivity index (χ2n) is 10.6. The number of nitrogens with one attached hydrogen (secondary N) is 1. The van der Waals surface area contributed by atoms with Gasteiger partial charge in [0.1, 0.15) is 5.60 Å². The molecule has 2 aliphatic heterocycles. The molecule has 0 atom stereocenters. The first-order valence-electron chi connectivity index (χ1n) is 12.3. The zero-order valence-corrected chi connectivity index (χ0v) is 21.9. The largest absolute Gasteiger partial charge is 0.493 e. The third-order valence-corrected chi connectivity index (χ3v) is 6.66. The van der Waals surface area contributed by atoms with Gasteiger partial charge in [0.2, 0.25) is 5.88 Å². The number of hydrogen-bond donors (Lipinski definition) is 2. The fourth-order valence-electron chi connectivity index (χ4n) is 5.28. The van der Waals surface area contributed by atoms with Crippen LogP contribution in [0, 0.1) is 0 Å². The molecular formula is C28H31N3O6. The first-order chi connectivity index (χ1) is 17.4. The fourth-order valence-corrected chi connectivity index (χ4v) is 5.28. The summed E-state index contributed by atoms with van der Waals surface area (Å²) >= 11 is 0. The quantitative estimate of drug-likeness (QED) is 0.508. The minimum absolute atomic E-state index is 0.139. The van der Waals surface area contributed by atoms with Crippen LogP contribution in [0.4, 0.5) is 0 Å². The normalized spacial score (nSPS) is 16.9. The van der Waals surface area contributed by atoms with Gasteiger partial charge in [-0.1, -0.05) is 6.07 Å². The molecular weight excluding hydrogens is 474 g/mol. The predicted molar refractivity (Wildman–Crippen MR) is 139 cm³/mol. The molecule has 1 aromatic heterocycles. The molecule has 0 radical (unpaired) electrons. The van der Waals surface area contributed by atoms with E-state index in [0.29, 0.717) is 25.0 Å². The Bertz CT molecular complexity index is 1510. The third-order valence-electron chi connectivity index (χ3n) is 6.66. The molecule has 194 valence electrons. The molecule has 0 amide bonds. The number of ether oxygens (including phenoxy) is 3. The highest BCUT2D eigenvalue weighted by molar-refractivity contribution is 6.16. The number of carbonyl (C=O) groups excluding carboxylic acids is 1. The van der Waals surface area contributed by atoms with Crippen molar-refractivity contribution in [3.05, 3.63) is 68.8 Å². The van der Waals surface area contributed by atoms with Crippen LogP contribution in [0.15, 0.2) is 40.2 Å². The van der Waals surface area contributed by atoms with E-state index in [1.807, 2.05) is 26.8 Å². The Labute approximate surface area is 214 Å². The molecule has 3 aromatic rings. The second-order valence-corrected chi connectivity index (χ2v) is 10.6. The van der Waals surface area contributed by atoms with Crippen molar-refractivity contribution in [1.29, 1.82) is 0 Å². The Hall–Kier alpha value is -4.01. The van der Waals surface area contributed by atoms with E-state index in [0.717, 1.165) is 38.5 Å². The maximum absolute atomic E-state index is 12.6. The van der Waals surface area contributed by atoms with Crippen LogP contribution in [-0.2, 0) is 17.6 Å². The van der Waals surface area contributed by atoms with Gasteiger partial charge in [-0.25, -0.2) is 14.2 Å². The monoisotopic (exact) mass is 505 g/mol. The summed E-state index contributed by atoms with van der Waals surface area (Å²) in [5.74, 6) is 0.502. The van der Waals surface area contributed by atoms with Crippen molar-refractivity contribution in [1.82, 2.24) is 9.55 Å². The van der Waals surface area contributed by atoms with Crippen molar-refractivity contribution >= 4 is 11.7 Å². The lowest BCUT2D eigenvalue weighted by molar-refractivity contribution is 0.0600. The summed E-state index contributed by atoms with van der Waals surface area (Å²) in [7, 11) is 1.27. The van der Waals surface area contributed by atoms with Crippen molar-refractivity contribution < 1.29 is 24.1 Å². The Morgan fingerprint density at radius 3 is 2.62 bits per heavy atom. The summed E-state index contributed by atoms with van der Waals surface area (Å²) in [6.45, 7) is 10.7. The number of aromatic hydroxyl groups is 1. The molecule has 0 spiro atoms. The van der Waals surface area contributed by atoms with E-state index in [1.165, 1.54) is 13.3 Å². The van der Waals surface area contributed by atoms with Crippen LogP contribution in [0.1, 0.15) is 67.2 Å². The van der Waals surface area contributed by atoms with E-state index >= 15 is 0 Å². The van der Waals surface area contributed by atoms with Crippen LogP contribution in [0.5, 0.6) is 17.4 Å². The summed E-state index contributed by atoms with van der Waals surface area (Å²) in [5, 5.41) is 10.4. The molecule has 0 unspecified atom stereocenters. The fraction of sp³-hybridized carbons (Fsp3) is 0.393. The van der Waals surface area contributed by atoms with Crippen molar-refractivity contribution in [2.24, 2.45) is 4.99 Å². The summed E-state index contributed by atoms with van der Waals surface area (Å²) in [5.41, 5.74) is 3.45. The first kappa shape index (κ1) is 24.7. The Morgan fingerprint density at radius 2 is 1.97 bits per heavy atom. The average Bonchev–Trinajstić information content (AvgIpc) is 3.34. The number of benzene rings is 2. The van der Waals surface area contributed by atoms with Crippen LogP contribution in [0.2, 0.25) is 0 Å². The SMILES string of the molecule is CCOc1cc2c(c3c1OC(C)(C)C3)C(c1ccc(C(=O)OC)c(-n3c(O)c[nH]c3=O)c1)=NC(C)(C)C2. The van der Waals surface area contributed by atoms with Crippen molar-refractivity contribution in [2.45, 2.75) is 58.6 Å². The third kappa shape index (κ3) is 4.18. The highest BCUT2D eigenvalue weighted by Crippen LogP contribution is 2.48. The lowest BCUT2D eigenvalue weighted by Gasteiger charge is -2.31. The smallest absolute Gasteiger partial charge is 0.339 e. The summed E-state index contributed by atoms with van der Waals surface area (Å²) in [4.78, 5) is 32.7. The van der Waals surface area contributed by atoms with Gasteiger partial charge in [-0.15, -0.1) is 0 Å². The Morgan fingerprint density at radius 1 is 1.22 bits per heavy atom. The molecule has 2 aromatic carbocycles. The average molecular weight is 506 g/mol. The predicted octanol–water partition coefficient (Wildman–Crippen LogP) is 3.94. The van der Waals surface area contributed by atoms with Crippen LogP contribution in [0.25, 0.3) is 5.69 Å². The molecule has 9 nitrogen and oxygen atoms in total. The minimum Gasteiger partial charge on any atom is -0.493 e. The van der Waals surface area contributed by atoms with Crippen LogP contribution in [0.3, 0.4) is 0 Å². The van der Waals surface area contributed by atoms with Crippen molar-refractivity contribution in [3.63, 3.8) is 0 Å². The highest BCUT2D eigenvalue weighted by Gasteiger charge is 2.40. The van der Waals surface area contributed by atoms with Gasteiger partial charge in [0.25, 0.3) is 0 Å². The van der Waals surface area contributed by atoms with Gasteiger partial charge in [-0.05, 0) is 64.8 Å². The summed E-state index contributed by atoms with van der Waals surface area (Å²) < 4.78 is 18.3. The molecule has 0 bridgehead atoms. The number of aromatic amines is 1. The van der Waals surface area contributed by atoms with Gasteiger partial charge in [0.15, 0.2) is 11.5 Å². The minimum atomic E-state index is -0.627. The van der Waals surface area contributed by atoms with Crippen molar-refractivity contribution in [2.75, 3.05) is 13.7 Å². The van der Waals surface area contributed by atoms with E-state index in [4.69, 9.17) is 19.2 Å². The van der Waals surface area contributed by atoms with Gasteiger partial charge < -0.3 is 24.3 Å².